The summed E-state index contributed by atoms with van der Waals surface area (Å²) >= 11 is 4.98. The predicted octanol–water partition coefficient (Wildman–Crippen LogP) is 1.91. The van der Waals surface area contributed by atoms with Gasteiger partial charge in [-0.15, -0.1) is 11.3 Å². The van der Waals surface area contributed by atoms with Crippen molar-refractivity contribution in [2.75, 3.05) is 13.1 Å². The lowest BCUT2D eigenvalue weighted by Gasteiger charge is -2.12. The molecule has 3 nitrogen and oxygen atoms in total. The summed E-state index contributed by atoms with van der Waals surface area (Å²) in [5, 5.41) is 4.96. The normalized spacial score (nSPS) is 17.1. The van der Waals surface area contributed by atoms with E-state index in [2.05, 4.69) is 21.2 Å². The van der Waals surface area contributed by atoms with Gasteiger partial charge in [-0.1, -0.05) is 0 Å². The highest BCUT2D eigenvalue weighted by Gasteiger charge is 2.41. The molecule has 16 heavy (non-hydrogen) atoms. The van der Waals surface area contributed by atoms with E-state index in [1.54, 1.807) is 11.3 Å². The largest absolute Gasteiger partial charge is 0.355 e. The first-order valence-corrected chi connectivity index (χ1v) is 7.00. The zero-order valence-corrected chi connectivity index (χ0v) is 11.4. The molecule has 3 N–H and O–H groups in total. The molecule has 0 aromatic carbocycles. The number of carbonyl (C=O) groups excluding carboxylic acids is 1. The van der Waals surface area contributed by atoms with Crippen molar-refractivity contribution >= 4 is 33.2 Å². The molecule has 1 fully saturated rings. The number of halogens is 1. The van der Waals surface area contributed by atoms with Crippen LogP contribution in [0.5, 0.6) is 0 Å². The molecular formula is C11H15BrN2OS. The monoisotopic (exact) mass is 302 g/mol. The third-order valence-corrected chi connectivity index (χ3v) is 4.70. The molecule has 88 valence electrons. The summed E-state index contributed by atoms with van der Waals surface area (Å²) in [5.41, 5.74) is 5.87. The third-order valence-electron chi connectivity index (χ3n) is 3.01. The van der Waals surface area contributed by atoms with Gasteiger partial charge >= 0.3 is 0 Å². The lowest BCUT2D eigenvalue weighted by Crippen LogP contribution is -2.34. The van der Waals surface area contributed by atoms with Gasteiger partial charge in [0, 0.05) is 21.3 Å². The Labute approximate surface area is 108 Å². The highest BCUT2D eigenvalue weighted by molar-refractivity contribution is 9.10. The van der Waals surface area contributed by atoms with Crippen LogP contribution in [0.25, 0.3) is 0 Å². The molecule has 0 atom stereocenters. The molecular weight excluding hydrogens is 288 g/mol. The lowest BCUT2D eigenvalue weighted by atomic mass is 10.1. The Morgan fingerprint density at radius 2 is 2.38 bits per heavy atom. The molecule has 5 heteroatoms. The van der Waals surface area contributed by atoms with E-state index in [0.717, 1.165) is 28.7 Å². The van der Waals surface area contributed by atoms with E-state index >= 15 is 0 Å². The summed E-state index contributed by atoms with van der Waals surface area (Å²) in [6.45, 7) is 1.41. The topological polar surface area (TPSA) is 55.1 Å². The van der Waals surface area contributed by atoms with E-state index in [4.69, 9.17) is 5.73 Å². The van der Waals surface area contributed by atoms with E-state index in [0.29, 0.717) is 13.0 Å². The fourth-order valence-corrected chi connectivity index (χ4v) is 3.03. The Morgan fingerprint density at radius 1 is 1.62 bits per heavy atom. The average Bonchev–Trinajstić information content (AvgIpc) is 2.95. The van der Waals surface area contributed by atoms with Crippen LogP contribution in [0, 0.1) is 5.41 Å². The molecule has 0 spiro atoms. The summed E-state index contributed by atoms with van der Waals surface area (Å²) in [4.78, 5) is 12.7. The van der Waals surface area contributed by atoms with Crippen LogP contribution in [-0.4, -0.2) is 19.0 Å². The van der Waals surface area contributed by atoms with Gasteiger partial charge in [0.1, 0.15) is 0 Å². The Morgan fingerprint density at radius 3 is 2.88 bits per heavy atom. The predicted molar refractivity (Wildman–Crippen MR) is 69.5 cm³/mol. The molecule has 0 aliphatic heterocycles. The number of rotatable bonds is 5. The van der Waals surface area contributed by atoms with Crippen LogP contribution in [0.2, 0.25) is 0 Å². The van der Waals surface area contributed by atoms with Gasteiger partial charge in [0.25, 0.3) is 0 Å². The Hall–Kier alpha value is -0.390. The number of hydrogen-bond donors (Lipinski definition) is 2. The third kappa shape index (κ3) is 3.06. The fourth-order valence-electron chi connectivity index (χ4n) is 1.58. The van der Waals surface area contributed by atoms with Crippen LogP contribution in [0.15, 0.2) is 15.9 Å². The lowest BCUT2D eigenvalue weighted by molar-refractivity contribution is -0.120. The molecule has 0 radical (unpaired) electrons. The van der Waals surface area contributed by atoms with Gasteiger partial charge in [0.15, 0.2) is 0 Å². The van der Waals surface area contributed by atoms with Gasteiger partial charge in [-0.05, 0) is 46.8 Å². The first-order valence-electron chi connectivity index (χ1n) is 5.33. The zero-order chi connectivity index (χ0) is 11.6. The van der Waals surface area contributed by atoms with Crippen molar-refractivity contribution in [2.45, 2.75) is 19.3 Å². The van der Waals surface area contributed by atoms with E-state index < -0.39 is 0 Å². The molecule has 1 heterocycles. The van der Waals surface area contributed by atoms with Crippen LogP contribution in [0.1, 0.15) is 17.7 Å². The molecule has 0 unspecified atom stereocenters. The van der Waals surface area contributed by atoms with Crippen LogP contribution < -0.4 is 11.1 Å². The number of carbonyl (C=O) groups is 1. The van der Waals surface area contributed by atoms with Crippen molar-refractivity contribution in [2.24, 2.45) is 11.1 Å². The second-order valence-electron chi connectivity index (χ2n) is 4.39. The molecule has 2 rings (SSSR count). The second kappa shape index (κ2) is 4.85. The van der Waals surface area contributed by atoms with Crippen molar-refractivity contribution in [3.63, 3.8) is 0 Å². The molecule has 0 bridgehead atoms. The number of amides is 1. The summed E-state index contributed by atoms with van der Waals surface area (Å²) in [6, 6.07) is 1.99. The molecule has 0 saturated heterocycles. The first kappa shape index (κ1) is 12.1. The second-order valence-corrected chi connectivity index (χ2v) is 6.30. The van der Waals surface area contributed by atoms with Gasteiger partial charge in [-0.2, -0.15) is 0 Å². The summed E-state index contributed by atoms with van der Waals surface area (Å²) < 4.78 is 1.04. The minimum atomic E-state index is 0.0917. The Bertz CT molecular complexity index is 387. The Balaban J connectivity index is 1.76. The van der Waals surface area contributed by atoms with E-state index in [9.17, 15) is 4.79 Å². The SMILES string of the molecule is NCC1(CNC(=O)Cc2cc(Br)cs2)CC1. The van der Waals surface area contributed by atoms with Crippen molar-refractivity contribution in [3.05, 3.63) is 20.8 Å². The average molecular weight is 303 g/mol. The molecule has 1 saturated carbocycles. The molecule has 1 aliphatic rings. The summed E-state index contributed by atoms with van der Waals surface area (Å²) in [6.07, 6.45) is 2.76. The number of hydrogen-bond acceptors (Lipinski definition) is 3. The maximum Gasteiger partial charge on any atom is 0.225 e. The van der Waals surface area contributed by atoms with Crippen molar-refractivity contribution < 1.29 is 4.79 Å². The van der Waals surface area contributed by atoms with Crippen molar-refractivity contribution in [1.29, 1.82) is 0 Å². The highest BCUT2D eigenvalue weighted by atomic mass is 79.9. The van der Waals surface area contributed by atoms with E-state index in [1.165, 1.54) is 0 Å². The van der Waals surface area contributed by atoms with Gasteiger partial charge in [0.05, 0.1) is 6.42 Å². The smallest absolute Gasteiger partial charge is 0.225 e. The zero-order valence-electron chi connectivity index (χ0n) is 8.96. The maximum absolute atomic E-state index is 11.7. The maximum atomic E-state index is 11.7. The van der Waals surface area contributed by atoms with Crippen LogP contribution in [0.4, 0.5) is 0 Å². The minimum absolute atomic E-state index is 0.0917. The standard InChI is InChI=1S/C11H15BrN2OS/c12-8-3-9(16-5-8)4-10(15)14-7-11(6-13)1-2-11/h3,5H,1-2,4,6-7,13H2,(H,14,15). The van der Waals surface area contributed by atoms with Crippen LogP contribution >= 0.6 is 27.3 Å². The molecule has 1 aromatic heterocycles. The van der Waals surface area contributed by atoms with Gasteiger partial charge in [-0.3, -0.25) is 4.79 Å². The van der Waals surface area contributed by atoms with Gasteiger partial charge in [-0.25, -0.2) is 0 Å². The fraction of sp³-hybridized carbons (Fsp3) is 0.545. The van der Waals surface area contributed by atoms with Gasteiger partial charge < -0.3 is 11.1 Å². The quantitative estimate of drug-likeness (QED) is 0.873. The van der Waals surface area contributed by atoms with E-state index in [-0.39, 0.29) is 11.3 Å². The van der Waals surface area contributed by atoms with Crippen molar-refractivity contribution in [3.8, 4) is 0 Å². The number of thiophene rings is 1. The number of nitrogens with one attached hydrogen (secondary N) is 1. The Kier molecular flexibility index (Phi) is 3.66. The van der Waals surface area contributed by atoms with Crippen LogP contribution in [-0.2, 0) is 11.2 Å². The summed E-state index contributed by atoms with van der Waals surface area (Å²) in [7, 11) is 0. The molecule has 1 aliphatic carbocycles. The summed E-state index contributed by atoms with van der Waals surface area (Å²) in [5.74, 6) is 0.0917. The highest BCUT2D eigenvalue weighted by Crippen LogP contribution is 2.43. The molecule has 1 amide bonds. The molecule has 1 aromatic rings. The van der Waals surface area contributed by atoms with E-state index in [1.807, 2.05) is 11.4 Å². The van der Waals surface area contributed by atoms with Crippen molar-refractivity contribution in [1.82, 2.24) is 5.32 Å². The number of nitrogens with two attached hydrogens (primary N) is 1. The van der Waals surface area contributed by atoms with Crippen LogP contribution in [0.3, 0.4) is 0 Å². The minimum Gasteiger partial charge on any atom is -0.355 e. The van der Waals surface area contributed by atoms with Gasteiger partial charge in [0.2, 0.25) is 5.91 Å². The first-order chi connectivity index (χ1) is 7.63.